The minimum Gasteiger partial charge on any atom is -0.454 e. The Balaban J connectivity index is 0.560. The van der Waals surface area contributed by atoms with E-state index in [1.165, 1.54) is 171 Å². The molecular weight excluding hydrogens is 1710 g/mol. The van der Waals surface area contributed by atoms with Crippen molar-refractivity contribution in [2.75, 3.05) is 9.80 Å². The molecule has 0 amide bonds. The van der Waals surface area contributed by atoms with Crippen LogP contribution in [0.3, 0.4) is 0 Å². The van der Waals surface area contributed by atoms with Crippen LogP contribution < -0.4 is 9.80 Å². The van der Waals surface area contributed by atoms with Gasteiger partial charge >= 0.3 is 0 Å². The van der Waals surface area contributed by atoms with Crippen LogP contribution in [0.2, 0.25) is 0 Å². The number of para-hydroxylation sites is 4. The summed E-state index contributed by atoms with van der Waals surface area (Å²) in [5.74, 6) is 0. The Labute approximate surface area is 815 Å². The van der Waals surface area contributed by atoms with Gasteiger partial charge in [-0.05, 0) is 294 Å². The van der Waals surface area contributed by atoms with Crippen molar-refractivity contribution in [3.8, 4) is 112 Å². The highest BCUT2D eigenvalue weighted by atomic mass is 16.3. The van der Waals surface area contributed by atoms with Crippen LogP contribution in [0.1, 0.15) is 44.5 Å². The summed E-state index contributed by atoms with van der Waals surface area (Å²) in [5, 5.41) is 12.1. The zero-order valence-corrected chi connectivity index (χ0v) is 76.7. The maximum Gasteiger partial charge on any atom is 0.159 e. The maximum absolute atomic E-state index is 6.87. The first kappa shape index (κ1) is 78.9. The molecule has 0 aliphatic heterocycles. The average molecular weight is 1790 g/mol. The van der Waals surface area contributed by atoms with Gasteiger partial charge < -0.3 is 23.4 Å². The fourth-order valence-electron chi connectivity index (χ4n) is 25.3. The number of hydrogen-bond acceptors (Lipinski definition) is 3. The summed E-state index contributed by atoms with van der Waals surface area (Å²) in [6.07, 6.45) is 0. The van der Waals surface area contributed by atoms with Crippen molar-refractivity contribution in [2.24, 2.45) is 0 Å². The van der Waals surface area contributed by atoms with Gasteiger partial charge in [0, 0.05) is 71.8 Å². The summed E-state index contributed by atoms with van der Waals surface area (Å²) < 4.78 is 11.9. The predicted octanol–water partition coefficient (Wildman–Crippen LogP) is 36.0. The number of nitrogens with zero attached hydrogens (tertiary/aromatic N) is 4. The van der Waals surface area contributed by atoms with E-state index in [0.717, 1.165) is 106 Å². The molecule has 141 heavy (non-hydrogen) atoms. The smallest absolute Gasteiger partial charge is 0.159 e. The van der Waals surface area contributed by atoms with Crippen LogP contribution in [0.5, 0.6) is 0 Å². The van der Waals surface area contributed by atoms with Gasteiger partial charge in [0.2, 0.25) is 0 Å². The number of fused-ring (bicyclic) bond motifs is 33. The molecule has 3 aromatic heterocycles. The molecule has 30 rings (SSSR count). The van der Waals surface area contributed by atoms with Crippen molar-refractivity contribution in [1.29, 1.82) is 0 Å². The SMILES string of the molecule is c1ccc(-c2ccc(N(c3ccc(-c4ccc5c(c4)C4(c6ccccc6-5)c5ccccc5-c5c4ccc4c5c5ccccc5n4-c4ccc5ccccc5c4)cc3)c3cccc(-c4ccc5c(c4)-c4ccc(-c6ccc(N(c7ccc(-c8ccccc8)cc7)c7cccc8c7oc7ccccc78)cc6)cc4C54c5ccccc5-c5c4ccc4c5c5ccccc5n4-c4cccc5ccccc45)c3)cc2)cc1. The van der Waals surface area contributed by atoms with E-state index in [2.05, 4.69) is 529 Å². The van der Waals surface area contributed by atoms with Crippen molar-refractivity contribution < 1.29 is 4.42 Å². The lowest BCUT2D eigenvalue weighted by Crippen LogP contribution is -2.26. The van der Waals surface area contributed by atoms with Crippen LogP contribution in [0, 0.1) is 0 Å². The summed E-state index contributed by atoms with van der Waals surface area (Å²) >= 11 is 0. The summed E-state index contributed by atoms with van der Waals surface area (Å²) in [6.45, 7) is 0. The van der Waals surface area contributed by atoms with Crippen LogP contribution in [0.4, 0.5) is 34.1 Å². The van der Waals surface area contributed by atoms with Crippen molar-refractivity contribution >= 4 is 121 Å². The van der Waals surface area contributed by atoms with Gasteiger partial charge in [-0.1, -0.05) is 376 Å². The molecule has 5 nitrogen and oxygen atoms in total. The highest BCUT2D eigenvalue weighted by molar-refractivity contribution is 6.22. The Morgan fingerprint density at radius 1 is 0.191 bits per heavy atom. The fraction of sp³-hybridized carbons (Fsp3) is 0.0147. The highest BCUT2D eigenvalue weighted by Crippen LogP contribution is 2.68. The zero-order valence-electron chi connectivity index (χ0n) is 76.7. The molecular formula is C136H84N4O. The molecule has 654 valence electrons. The molecule has 5 heteroatoms. The van der Waals surface area contributed by atoms with Gasteiger partial charge in [0.15, 0.2) is 5.58 Å². The van der Waals surface area contributed by atoms with Gasteiger partial charge in [0.25, 0.3) is 0 Å². The third-order valence-corrected chi connectivity index (χ3v) is 31.3. The summed E-state index contributed by atoms with van der Waals surface area (Å²) in [7, 11) is 0. The Morgan fingerprint density at radius 3 is 1.20 bits per heavy atom. The second kappa shape index (κ2) is 30.5. The lowest BCUT2D eigenvalue weighted by atomic mass is 9.70. The van der Waals surface area contributed by atoms with Gasteiger partial charge in [-0.3, -0.25) is 0 Å². The Morgan fingerprint density at radius 2 is 0.589 bits per heavy atom. The maximum atomic E-state index is 6.87. The largest absolute Gasteiger partial charge is 0.454 e. The van der Waals surface area contributed by atoms with E-state index >= 15 is 0 Å². The average Bonchev–Trinajstić information content (AvgIpc) is 1.50. The monoisotopic (exact) mass is 1790 g/mol. The molecule has 4 aliphatic rings. The molecule has 0 fully saturated rings. The van der Waals surface area contributed by atoms with E-state index in [1.54, 1.807) is 0 Å². The first-order valence-corrected chi connectivity index (χ1v) is 48.9. The molecule has 2 spiro atoms. The van der Waals surface area contributed by atoms with E-state index in [0.29, 0.717) is 0 Å². The minimum atomic E-state index is -0.734. The topological polar surface area (TPSA) is 29.5 Å². The van der Waals surface area contributed by atoms with E-state index in [1.807, 2.05) is 0 Å². The Bertz CT molecular complexity index is 9740. The quantitative estimate of drug-likeness (QED) is 0.115. The fourth-order valence-corrected chi connectivity index (χ4v) is 25.3. The number of aromatic nitrogens is 2. The van der Waals surface area contributed by atoms with E-state index < -0.39 is 10.8 Å². The molecule has 2 atom stereocenters. The summed E-state index contributed by atoms with van der Waals surface area (Å²) in [5.41, 5.74) is 45.5. The van der Waals surface area contributed by atoms with Crippen LogP contribution in [0.15, 0.2) is 514 Å². The third kappa shape index (κ3) is 11.5. The van der Waals surface area contributed by atoms with Crippen LogP contribution in [-0.4, -0.2) is 9.13 Å². The van der Waals surface area contributed by atoms with Gasteiger partial charge in [-0.2, -0.15) is 0 Å². The Hall–Kier alpha value is -18.4. The van der Waals surface area contributed by atoms with Gasteiger partial charge in [-0.25, -0.2) is 0 Å². The van der Waals surface area contributed by atoms with Crippen LogP contribution >= 0.6 is 0 Å². The predicted molar refractivity (Wildman–Crippen MR) is 587 cm³/mol. The van der Waals surface area contributed by atoms with Crippen molar-refractivity contribution in [3.05, 3.63) is 554 Å². The van der Waals surface area contributed by atoms with E-state index in [9.17, 15) is 0 Å². The zero-order chi connectivity index (χ0) is 92.3. The molecule has 2 unspecified atom stereocenters. The van der Waals surface area contributed by atoms with Gasteiger partial charge in [0.05, 0.1) is 44.3 Å². The number of benzene rings is 23. The minimum absolute atomic E-state index is 0.592. The molecule has 26 aromatic rings. The third-order valence-electron chi connectivity index (χ3n) is 31.3. The molecule has 3 heterocycles. The number of anilines is 6. The van der Waals surface area contributed by atoms with Crippen molar-refractivity contribution in [1.82, 2.24) is 9.13 Å². The number of furan rings is 1. The molecule has 4 aliphatic carbocycles. The number of hydrogen-bond donors (Lipinski definition) is 0. The molecule has 0 saturated carbocycles. The molecule has 0 bridgehead atoms. The van der Waals surface area contributed by atoms with Crippen molar-refractivity contribution in [3.63, 3.8) is 0 Å². The molecule has 0 N–H and O–H groups in total. The number of rotatable bonds is 13. The van der Waals surface area contributed by atoms with Crippen LogP contribution in [0.25, 0.3) is 199 Å². The molecule has 0 radical (unpaired) electrons. The highest BCUT2D eigenvalue weighted by Gasteiger charge is 2.55. The first-order chi connectivity index (χ1) is 69.9. The molecule has 23 aromatic carbocycles. The standard InChI is InChI=1S/C136H84N4O/c1-3-26-85(27-4-1)88-52-64-98(65-53-88)137(99-66-56-90(57-67-99)96-61-73-106-105-37-11-17-44-115(105)135(121(106)83-96)116-45-18-12-39-110(116)130-119(135)76-78-126-132(130)112-41-14-20-47-124(112)139(126)103-72-60-87-30-7-8-32-93(87)80-103)102-35-23-34-94(81-102)95-63-75-118-114(82-95)107-74-62-97(91-58-70-101(71-59-91)138(100-68-54-89(55-69-100)86-28-5-2-6-29-86)128-50-25-43-109-108-38-16-22-51-129(108)141-134(109)128)84-122(107)136(118)117-46-19-13-40-111(117)131-120(136)77-79-127-133(131)113-42-15-21-48-125(113)140(127)123-49-24-33-92-31-9-10-36-104(92)123/h1-84H. The van der Waals surface area contributed by atoms with Crippen LogP contribution in [-0.2, 0) is 10.8 Å². The summed E-state index contributed by atoms with van der Waals surface area (Å²) in [6, 6.07) is 191. The van der Waals surface area contributed by atoms with E-state index in [4.69, 9.17) is 4.42 Å². The first-order valence-electron chi connectivity index (χ1n) is 48.9. The second-order valence-corrected chi connectivity index (χ2v) is 38.3. The Kier molecular flexibility index (Phi) is 17.1. The summed E-state index contributed by atoms with van der Waals surface area (Å²) in [4.78, 5) is 4.80. The second-order valence-electron chi connectivity index (χ2n) is 38.3. The molecule has 0 saturated heterocycles. The van der Waals surface area contributed by atoms with Gasteiger partial charge in [0.1, 0.15) is 5.58 Å². The normalized spacial score (nSPS) is 14.4. The lowest BCUT2D eigenvalue weighted by Gasteiger charge is -2.31. The van der Waals surface area contributed by atoms with Gasteiger partial charge in [-0.15, -0.1) is 0 Å². The lowest BCUT2D eigenvalue weighted by molar-refractivity contribution is 0.669. The van der Waals surface area contributed by atoms with E-state index in [-0.39, 0.29) is 0 Å². The van der Waals surface area contributed by atoms with Crippen molar-refractivity contribution in [2.45, 2.75) is 10.8 Å².